The molecule has 0 saturated heterocycles. The minimum atomic E-state index is -0.0649. The Labute approximate surface area is 115 Å². The van der Waals surface area contributed by atoms with Crippen LogP contribution in [-0.2, 0) is 0 Å². The second kappa shape index (κ2) is 5.12. The normalized spacial score (nSPS) is 12.3. The van der Waals surface area contributed by atoms with Gasteiger partial charge in [0.05, 0.1) is 13.4 Å². The lowest BCUT2D eigenvalue weighted by molar-refractivity contribution is 0.345. The zero-order chi connectivity index (χ0) is 13.9. The molecule has 0 bridgehead atoms. The first-order valence-electron chi connectivity index (χ1n) is 6.09. The van der Waals surface area contributed by atoms with Crippen molar-refractivity contribution in [3.8, 4) is 17.3 Å². The predicted molar refractivity (Wildman–Crippen MR) is 70.1 cm³/mol. The molecule has 0 aliphatic heterocycles. The van der Waals surface area contributed by atoms with Gasteiger partial charge in [0.1, 0.15) is 6.04 Å². The summed E-state index contributed by atoms with van der Waals surface area (Å²) in [4.78, 5) is 12.5. The van der Waals surface area contributed by atoms with E-state index in [1.165, 1.54) is 0 Å². The Kier molecular flexibility index (Phi) is 3.16. The van der Waals surface area contributed by atoms with Gasteiger partial charge >= 0.3 is 0 Å². The highest BCUT2D eigenvalue weighted by atomic mass is 16.5. The molecule has 3 heterocycles. The standard InChI is InChI=1S/C13H13N5O2/c1-9(18-6-5-14-8-18)13-16-12(17-20-13)10-3-4-11(19-2)15-7-10/h3-9H,1-2H3. The monoisotopic (exact) mass is 271 g/mol. The number of nitrogens with zero attached hydrogens (tertiary/aromatic N) is 5. The van der Waals surface area contributed by atoms with Gasteiger partial charge in [0.2, 0.25) is 17.6 Å². The van der Waals surface area contributed by atoms with E-state index in [0.717, 1.165) is 5.56 Å². The summed E-state index contributed by atoms with van der Waals surface area (Å²) in [7, 11) is 1.57. The average Bonchev–Trinajstić information content (AvgIpc) is 3.18. The van der Waals surface area contributed by atoms with Crippen molar-refractivity contribution in [3.63, 3.8) is 0 Å². The van der Waals surface area contributed by atoms with E-state index >= 15 is 0 Å². The van der Waals surface area contributed by atoms with Crippen molar-refractivity contribution in [1.29, 1.82) is 0 Å². The molecule has 7 heteroatoms. The third-order valence-electron chi connectivity index (χ3n) is 2.97. The first kappa shape index (κ1) is 12.3. The molecule has 0 aliphatic rings. The van der Waals surface area contributed by atoms with Crippen molar-refractivity contribution >= 4 is 0 Å². The molecule has 3 aromatic heterocycles. The van der Waals surface area contributed by atoms with Crippen LogP contribution in [0.4, 0.5) is 0 Å². The van der Waals surface area contributed by atoms with Crippen LogP contribution in [-0.4, -0.2) is 31.8 Å². The lowest BCUT2D eigenvalue weighted by Crippen LogP contribution is -2.04. The zero-order valence-electron chi connectivity index (χ0n) is 11.1. The van der Waals surface area contributed by atoms with Gasteiger partial charge < -0.3 is 13.8 Å². The van der Waals surface area contributed by atoms with Gasteiger partial charge in [-0.15, -0.1) is 0 Å². The van der Waals surface area contributed by atoms with Crippen LogP contribution >= 0.6 is 0 Å². The van der Waals surface area contributed by atoms with Crippen molar-refractivity contribution in [2.45, 2.75) is 13.0 Å². The first-order valence-corrected chi connectivity index (χ1v) is 6.09. The van der Waals surface area contributed by atoms with E-state index in [1.807, 2.05) is 23.8 Å². The largest absolute Gasteiger partial charge is 0.481 e. The number of hydrogen-bond acceptors (Lipinski definition) is 6. The Balaban J connectivity index is 1.86. The lowest BCUT2D eigenvalue weighted by Gasteiger charge is -2.06. The quantitative estimate of drug-likeness (QED) is 0.721. The van der Waals surface area contributed by atoms with Crippen molar-refractivity contribution < 1.29 is 9.26 Å². The Bertz CT molecular complexity index is 675. The van der Waals surface area contributed by atoms with Crippen molar-refractivity contribution in [3.05, 3.63) is 42.9 Å². The smallest absolute Gasteiger partial charge is 0.249 e. The molecular formula is C13H13N5O2. The number of imidazole rings is 1. The highest BCUT2D eigenvalue weighted by molar-refractivity contribution is 5.53. The summed E-state index contributed by atoms with van der Waals surface area (Å²) in [5.74, 6) is 1.57. The third kappa shape index (κ3) is 2.25. The highest BCUT2D eigenvalue weighted by Crippen LogP contribution is 2.21. The SMILES string of the molecule is COc1ccc(-c2noc(C(C)n3ccnc3)n2)cn1. The molecule has 0 aliphatic carbocycles. The van der Waals surface area contributed by atoms with Crippen LogP contribution < -0.4 is 4.74 Å². The van der Waals surface area contributed by atoms with Crippen LogP contribution in [0.1, 0.15) is 18.9 Å². The van der Waals surface area contributed by atoms with E-state index in [-0.39, 0.29) is 6.04 Å². The summed E-state index contributed by atoms with van der Waals surface area (Å²) in [5, 5.41) is 3.97. The number of ether oxygens (including phenoxy) is 1. The molecule has 0 N–H and O–H groups in total. The van der Waals surface area contributed by atoms with Crippen molar-refractivity contribution in [2.24, 2.45) is 0 Å². The molecule has 3 aromatic rings. The molecule has 1 atom stereocenters. The summed E-state index contributed by atoms with van der Waals surface area (Å²) in [6.45, 7) is 1.96. The van der Waals surface area contributed by atoms with E-state index in [0.29, 0.717) is 17.6 Å². The molecule has 0 amide bonds. The van der Waals surface area contributed by atoms with E-state index in [9.17, 15) is 0 Å². The van der Waals surface area contributed by atoms with Gasteiger partial charge in [0, 0.05) is 30.2 Å². The Morgan fingerprint density at radius 2 is 2.25 bits per heavy atom. The van der Waals surface area contributed by atoms with E-state index < -0.39 is 0 Å². The van der Waals surface area contributed by atoms with Crippen LogP contribution in [0.15, 0.2) is 41.6 Å². The number of pyridine rings is 1. The average molecular weight is 271 g/mol. The molecule has 102 valence electrons. The van der Waals surface area contributed by atoms with E-state index in [1.54, 1.807) is 31.9 Å². The molecule has 0 spiro atoms. The van der Waals surface area contributed by atoms with Gasteiger partial charge in [-0.3, -0.25) is 0 Å². The van der Waals surface area contributed by atoms with Gasteiger partial charge in [-0.25, -0.2) is 9.97 Å². The molecule has 0 radical (unpaired) electrons. The maximum Gasteiger partial charge on any atom is 0.249 e. The van der Waals surface area contributed by atoms with E-state index in [4.69, 9.17) is 9.26 Å². The topological polar surface area (TPSA) is 78.9 Å². The fraction of sp³-hybridized carbons (Fsp3) is 0.231. The minimum Gasteiger partial charge on any atom is -0.481 e. The van der Waals surface area contributed by atoms with Gasteiger partial charge in [-0.2, -0.15) is 4.98 Å². The van der Waals surface area contributed by atoms with Gasteiger partial charge in [0.25, 0.3) is 0 Å². The molecule has 1 unspecified atom stereocenters. The third-order valence-corrected chi connectivity index (χ3v) is 2.97. The van der Waals surface area contributed by atoms with Crippen LogP contribution in [0.5, 0.6) is 5.88 Å². The van der Waals surface area contributed by atoms with Gasteiger partial charge in [-0.1, -0.05) is 5.16 Å². The first-order chi connectivity index (χ1) is 9.78. The molecule has 0 fully saturated rings. The number of rotatable bonds is 4. The maximum atomic E-state index is 5.29. The van der Waals surface area contributed by atoms with E-state index in [2.05, 4.69) is 20.1 Å². The fourth-order valence-electron chi connectivity index (χ4n) is 1.78. The number of aromatic nitrogens is 5. The highest BCUT2D eigenvalue weighted by Gasteiger charge is 2.16. The summed E-state index contributed by atoms with van der Waals surface area (Å²) in [5.41, 5.74) is 0.777. The second-order valence-electron chi connectivity index (χ2n) is 4.23. The van der Waals surface area contributed by atoms with Gasteiger partial charge in [-0.05, 0) is 13.0 Å². The summed E-state index contributed by atoms with van der Waals surface area (Å²) in [6.07, 6.45) is 6.92. The summed E-state index contributed by atoms with van der Waals surface area (Å²) >= 11 is 0. The maximum absolute atomic E-state index is 5.29. The fourth-order valence-corrected chi connectivity index (χ4v) is 1.78. The summed E-state index contributed by atoms with van der Waals surface area (Å²) in [6, 6.07) is 3.53. The lowest BCUT2D eigenvalue weighted by atomic mass is 10.2. The predicted octanol–water partition coefficient (Wildman–Crippen LogP) is 1.95. The minimum absolute atomic E-state index is 0.0649. The molecule has 20 heavy (non-hydrogen) atoms. The molecule has 0 aromatic carbocycles. The van der Waals surface area contributed by atoms with Gasteiger partial charge in [0.15, 0.2) is 0 Å². The number of hydrogen-bond donors (Lipinski definition) is 0. The molecule has 7 nitrogen and oxygen atoms in total. The Hall–Kier alpha value is -2.70. The summed E-state index contributed by atoms with van der Waals surface area (Å²) < 4.78 is 12.2. The molecular weight excluding hydrogens is 258 g/mol. The van der Waals surface area contributed by atoms with Crippen LogP contribution in [0.25, 0.3) is 11.4 Å². The second-order valence-corrected chi connectivity index (χ2v) is 4.23. The van der Waals surface area contributed by atoms with Crippen LogP contribution in [0, 0.1) is 0 Å². The van der Waals surface area contributed by atoms with Crippen molar-refractivity contribution in [1.82, 2.24) is 24.7 Å². The Morgan fingerprint density at radius 3 is 2.90 bits per heavy atom. The zero-order valence-corrected chi connectivity index (χ0v) is 11.1. The number of methoxy groups -OCH3 is 1. The van der Waals surface area contributed by atoms with Crippen LogP contribution in [0.2, 0.25) is 0 Å². The Morgan fingerprint density at radius 1 is 1.35 bits per heavy atom. The van der Waals surface area contributed by atoms with Crippen LogP contribution in [0.3, 0.4) is 0 Å². The molecule has 3 rings (SSSR count). The van der Waals surface area contributed by atoms with Crippen molar-refractivity contribution in [2.75, 3.05) is 7.11 Å². The molecule has 0 saturated carbocycles.